The van der Waals surface area contributed by atoms with Gasteiger partial charge in [0.25, 0.3) is 5.91 Å². The van der Waals surface area contributed by atoms with Crippen LogP contribution >= 0.6 is 0 Å². The number of H-pyrrole nitrogens is 1. The van der Waals surface area contributed by atoms with Crippen molar-refractivity contribution in [2.75, 3.05) is 6.54 Å². The second-order valence-electron chi connectivity index (χ2n) is 7.10. The molecule has 1 amide bonds. The first kappa shape index (κ1) is 17.5. The van der Waals surface area contributed by atoms with Gasteiger partial charge in [-0.1, -0.05) is 31.5 Å². The Morgan fingerprint density at radius 2 is 2.04 bits per heavy atom. The third kappa shape index (κ3) is 3.50. The van der Waals surface area contributed by atoms with Crippen LogP contribution in [0.25, 0.3) is 22.8 Å². The molecule has 0 radical (unpaired) electrons. The summed E-state index contributed by atoms with van der Waals surface area (Å²) in [5, 5.41) is 2.88. The molecule has 138 valence electrons. The average molecular weight is 360 g/mol. The monoisotopic (exact) mass is 360 g/mol. The molecule has 4 rings (SSSR count). The van der Waals surface area contributed by atoms with Crippen LogP contribution in [-0.2, 0) is 12.8 Å². The third-order valence-electron chi connectivity index (χ3n) is 5.09. The van der Waals surface area contributed by atoms with Gasteiger partial charge in [0.2, 0.25) is 0 Å². The van der Waals surface area contributed by atoms with Crippen LogP contribution in [0, 0.1) is 6.92 Å². The van der Waals surface area contributed by atoms with Gasteiger partial charge in [0.05, 0.1) is 17.0 Å². The average Bonchev–Trinajstić information content (AvgIpc) is 3.12. The summed E-state index contributed by atoms with van der Waals surface area (Å²) in [6.45, 7) is 4.99. The maximum absolute atomic E-state index is 12.0. The fraction of sp³-hybridized carbons (Fsp3) is 0.318. The van der Waals surface area contributed by atoms with E-state index in [0.29, 0.717) is 17.9 Å². The minimum Gasteiger partial charge on any atom is -0.356 e. The van der Waals surface area contributed by atoms with E-state index in [1.165, 1.54) is 24.0 Å². The Hall–Kier alpha value is -2.95. The molecule has 5 heteroatoms. The number of hydrogen-bond acceptors (Lipinski definition) is 3. The van der Waals surface area contributed by atoms with Gasteiger partial charge in [0.15, 0.2) is 5.82 Å². The molecule has 1 aliphatic heterocycles. The van der Waals surface area contributed by atoms with Crippen LogP contribution in [0.3, 0.4) is 0 Å². The van der Waals surface area contributed by atoms with E-state index in [2.05, 4.69) is 47.3 Å². The van der Waals surface area contributed by atoms with Crippen LogP contribution < -0.4 is 5.32 Å². The molecule has 1 aromatic carbocycles. The number of nitrogens with zero attached hydrogens (tertiary/aromatic N) is 2. The smallest absolute Gasteiger partial charge is 0.253 e. The molecule has 3 heterocycles. The van der Waals surface area contributed by atoms with Crippen molar-refractivity contribution in [2.24, 2.45) is 0 Å². The first-order chi connectivity index (χ1) is 13.2. The third-order valence-corrected chi connectivity index (χ3v) is 5.09. The Bertz CT molecular complexity index is 990. The summed E-state index contributed by atoms with van der Waals surface area (Å²) in [7, 11) is 0. The predicted molar refractivity (Wildman–Crippen MR) is 107 cm³/mol. The highest BCUT2D eigenvalue weighted by Gasteiger charge is 2.20. The van der Waals surface area contributed by atoms with E-state index in [9.17, 15) is 4.79 Å². The van der Waals surface area contributed by atoms with Crippen LogP contribution in [0.2, 0.25) is 0 Å². The Morgan fingerprint density at radius 1 is 1.15 bits per heavy atom. The van der Waals surface area contributed by atoms with Gasteiger partial charge in [0, 0.05) is 30.4 Å². The van der Waals surface area contributed by atoms with Crippen molar-refractivity contribution in [3.05, 3.63) is 58.9 Å². The quantitative estimate of drug-likeness (QED) is 0.720. The Balaban J connectivity index is 1.66. The number of aryl methyl sites for hydroxylation is 2. The first-order valence-electron chi connectivity index (χ1n) is 9.59. The molecule has 1 aliphatic rings. The zero-order valence-corrected chi connectivity index (χ0v) is 15.8. The van der Waals surface area contributed by atoms with Gasteiger partial charge in [-0.3, -0.25) is 4.79 Å². The summed E-state index contributed by atoms with van der Waals surface area (Å²) >= 11 is 0. The molecule has 5 nitrogen and oxygen atoms in total. The number of carbonyl (C=O) groups excluding carboxylic acids is 1. The van der Waals surface area contributed by atoms with Crippen molar-refractivity contribution in [2.45, 2.75) is 39.5 Å². The molecule has 2 N–H and O–H groups in total. The number of hydrogen-bond donors (Lipinski definition) is 2. The van der Waals surface area contributed by atoms with Gasteiger partial charge < -0.3 is 10.3 Å². The minimum atomic E-state index is -0.0217. The van der Waals surface area contributed by atoms with Crippen LogP contribution in [-0.4, -0.2) is 27.4 Å². The summed E-state index contributed by atoms with van der Waals surface area (Å²) in [6.07, 6.45) is 6.11. The SMILES string of the molecule is CCCCc1ccc(-c2nccc(-c3cc4c([nH]3)CCNC4=O)n2)c(C)c1. The van der Waals surface area contributed by atoms with Crippen molar-refractivity contribution in [1.29, 1.82) is 0 Å². The standard InChI is InChI=1S/C22H24N4O/c1-3-4-5-15-6-7-16(14(2)12-15)21-23-10-9-19(26-21)20-13-17-18(25-20)8-11-24-22(17)27/h6-7,9-10,12-13,25H,3-5,8,11H2,1-2H3,(H,24,27). The molecule has 0 saturated heterocycles. The van der Waals surface area contributed by atoms with Crippen molar-refractivity contribution < 1.29 is 4.79 Å². The number of unbranched alkanes of at least 4 members (excludes halogenated alkanes) is 1. The summed E-state index contributed by atoms with van der Waals surface area (Å²) in [5.74, 6) is 0.690. The van der Waals surface area contributed by atoms with Gasteiger partial charge in [-0.2, -0.15) is 0 Å². The molecular formula is C22H24N4O. The fourth-order valence-corrected chi connectivity index (χ4v) is 3.58. The van der Waals surface area contributed by atoms with E-state index >= 15 is 0 Å². The number of fused-ring (bicyclic) bond motifs is 1. The van der Waals surface area contributed by atoms with Gasteiger partial charge in [0.1, 0.15) is 0 Å². The molecule has 0 aliphatic carbocycles. The summed E-state index contributed by atoms with van der Waals surface area (Å²) in [5.41, 5.74) is 6.95. The van der Waals surface area contributed by atoms with Crippen molar-refractivity contribution in [1.82, 2.24) is 20.3 Å². The molecule has 0 spiro atoms. The van der Waals surface area contributed by atoms with Gasteiger partial charge in [-0.05, 0) is 43.0 Å². The number of benzene rings is 1. The van der Waals surface area contributed by atoms with Crippen molar-refractivity contribution >= 4 is 5.91 Å². The highest BCUT2D eigenvalue weighted by molar-refractivity contribution is 5.97. The second-order valence-corrected chi connectivity index (χ2v) is 7.10. The fourth-order valence-electron chi connectivity index (χ4n) is 3.58. The molecule has 3 aromatic rings. The maximum atomic E-state index is 12.0. The number of aromatic nitrogens is 3. The van der Waals surface area contributed by atoms with E-state index in [4.69, 9.17) is 4.98 Å². The van der Waals surface area contributed by atoms with Crippen LogP contribution in [0.5, 0.6) is 0 Å². The Morgan fingerprint density at radius 3 is 2.81 bits per heavy atom. The van der Waals surface area contributed by atoms with Crippen LogP contribution in [0.1, 0.15) is 46.9 Å². The van der Waals surface area contributed by atoms with Crippen LogP contribution in [0.15, 0.2) is 36.5 Å². The predicted octanol–water partition coefficient (Wildman–Crippen LogP) is 4.08. The topological polar surface area (TPSA) is 70.7 Å². The number of carbonyl (C=O) groups is 1. The molecule has 27 heavy (non-hydrogen) atoms. The van der Waals surface area contributed by atoms with Crippen molar-refractivity contribution in [3.63, 3.8) is 0 Å². The number of aromatic amines is 1. The molecular weight excluding hydrogens is 336 g/mol. The number of amides is 1. The van der Waals surface area contributed by atoms with Crippen LogP contribution in [0.4, 0.5) is 0 Å². The van der Waals surface area contributed by atoms with Gasteiger partial charge in [-0.25, -0.2) is 9.97 Å². The van der Waals surface area contributed by atoms with Gasteiger partial charge in [-0.15, -0.1) is 0 Å². The van der Waals surface area contributed by atoms with Gasteiger partial charge >= 0.3 is 0 Å². The Kier molecular flexibility index (Phi) is 4.75. The molecule has 0 unspecified atom stereocenters. The Labute approximate surface area is 159 Å². The summed E-state index contributed by atoms with van der Waals surface area (Å²) in [6, 6.07) is 10.3. The first-order valence-corrected chi connectivity index (χ1v) is 9.59. The zero-order valence-electron chi connectivity index (χ0n) is 15.8. The normalized spacial score (nSPS) is 13.3. The lowest BCUT2D eigenvalue weighted by Crippen LogP contribution is -2.31. The second kappa shape index (κ2) is 7.35. The maximum Gasteiger partial charge on any atom is 0.253 e. The minimum absolute atomic E-state index is 0.0217. The summed E-state index contributed by atoms with van der Waals surface area (Å²) in [4.78, 5) is 24.6. The highest BCUT2D eigenvalue weighted by Crippen LogP contribution is 2.26. The number of rotatable bonds is 5. The van der Waals surface area contributed by atoms with E-state index in [1.807, 2.05) is 12.1 Å². The van der Waals surface area contributed by atoms with E-state index in [-0.39, 0.29) is 5.91 Å². The van der Waals surface area contributed by atoms with E-state index < -0.39 is 0 Å². The molecule has 0 atom stereocenters. The zero-order chi connectivity index (χ0) is 18.8. The van der Waals surface area contributed by atoms with E-state index in [1.54, 1.807) is 6.20 Å². The molecule has 0 fully saturated rings. The molecule has 2 aromatic heterocycles. The lowest BCUT2D eigenvalue weighted by Gasteiger charge is -2.11. The van der Waals surface area contributed by atoms with Crippen molar-refractivity contribution in [3.8, 4) is 22.8 Å². The van der Waals surface area contributed by atoms with E-state index in [0.717, 1.165) is 35.5 Å². The lowest BCUT2D eigenvalue weighted by atomic mass is 10.0. The molecule has 0 saturated carbocycles. The summed E-state index contributed by atoms with van der Waals surface area (Å²) < 4.78 is 0. The highest BCUT2D eigenvalue weighted by atomic mass is 16.1. The molecule has 0 bridgehead atoms. The largest absolute Gasteiger partial charge is 0.356 e. The lowest BCUT2D eigenvalue weighted by molar-refractivity contribution is 0.0946. The number of nitrogens with one attached hydrogen (secondary N) is 2.